The van der Waals surface area contributed by atoms with Crippen molar-refractivity contribution in [2.45, 2.75) is 41.8 Å². The number of aryl methyl sites for hydroxylation is 1. The molecule has 0 bridgehead atoms. The summed E-state index contributed by atoms with van der Waals surface area (Å²) in [6.07, 6.45) is 4.69. The standard InChI is InChI=1S/C32H25N5O5S2/c1-18-6-9-21(10-7-18)34-29(38)20(17-33)14-19-8-13-27(26(15-19)37(41)42)43-32-35-25-12-11-22(16-28(25)44-32)36-30(39)23-4-2-3-5-24(23)31(36)40/h6-16,23-24H,2-5H2,1H3,(H,34,38)/b20-14+/t23-,24-/m0/s1. The third-order valence-corrected chi connectivity index (χ3v) is 9.96. The van der Waals surface area contributed by atoms with Crippen molar-refractivity contribution < 1.29 is 19.3 Å². The average molecular weight is 624 g/mol. The highest BCUT2D eigenvalue weighted by Gasteiger charge is 2.48. The molecule has 0 unspecified atom stereocenters. The van der Waals surface area contributed by atoms with Gasteiger partial charge in [0.15, 0.2) is 4.34 Å². The lowest BCUT2D eigenvalue weighted by atomic mass is 9.81. The second-order valence-corrected chi connectivity index (χ2v) is 13.0. The van der Waals surface area contributed by atoms with Crippen LogP contribution in [0, 0.1) is 40.2 Å². The number of nitro benzene ring substituents is 1. The molecule has 1 aromatic heterocycles. The molecule has 2 atom stereocenters. The van der Waals surface area contributed by atoms with Gasteiger partial charge >= 0.3 is 0 Å². The summed E-state index contributed by atoms with van der Waals surface area (Å²) in [7, 11) is 0. The fourth-order valence-electron chi connectivity index (χ4n) is 5.59. The van der Waals surface area contributed by atoms with Crippen molar-refractivity contribution in [2.75, 3.05) is 10.2 Å². The molecule has 6 rings (SSSR count). The number of imide groups is 1. The number of amides is 3. The van der Waals surface area contributed by atoms with Crippen molar-refractivity contribution in [3.8, 4) is 6.07 Å². The van der Waals surface area contributed by atoms with E-state index in [1.165, 1.54) is 28.4 Å². The number of hydrogen-bond acceptors (Lipinski definition) is 9. The van der Waals surface area contributed by atoms with Crippen molar-refractivity contribution in [1.82, 2.24) is 4.98 Å². The molecular weight excluding hydrogens is 599 g/mol. The van der Waals surface area contributed by atoms with Crippen LogP contribution in [0.4, 0.5) is 17.1 Å². The van der Waals surface area contributed by atoms with E-state index >= 15 is 0 Å². The van der Waals surface area contributed by atoms with Crippen LogP contribution in [0.3, 0.4) is 0 Å². The maximum absolute atomic E-state index is 13.1. The first-order chi connectivity index (χ1) is 21.2. The molecule has 1 N–H and O–H groups in total. The van der Waals surface area contributed by atoms with Crippen LogP contribution >= 0.6 is 23.1 Å². The molecule has 2 aliphatic rings. The summed E-state index contributed by atoms with van der Waals surface area (Å²) >= 11 is 2.43. The van der Waals surface area contributed by atoms with Gasteiger partial charge in [0.1, 0.15) is 11.6 Å². The Balaban J connectivity index is 1.23. The van der Waals surface area contributed by atoms with Gasteiger partial charge in [0.25, 0.3) is 11.6 Å². The summed E-state index contributed by atoms with van der Waals surface area (Å²) < 4.78 is 1.30. The summed E-state index contributed by atoms with van der Waals surface area (Å²) in [4.78, 5) is 56.5. The van der Waals surface area contributed by atoms with E-state index < -0.39 is 10.8 Å². The number of hydrogen-bond donors (Lipinski definition) is 1. The van der Waals surface area contributed by atoms with Crippen molar-refractivity contribution >= 4 is 74.2 Å². The smallest absolute Gasteiger partial charge is 0.283 e. The van der Waals surface area contributed by atoms with Crippen LogP contribution in [0.2, 0.25) is 0 Å². The highest BCUT2D eigenvalue weighted by atomic mass is 32.2. The number of nitrogens with zero attached hydrogens (tertiary/aromatic N) is 4. The van der Waals surface area contributed by atoms with Gasteiger partial charge in [0.2, 0.25) is 11.8 Å². The molecule has 44 heavy (non-hydrogen) atoms. The Morgan fingerprint density at radius 2 is 1.80 bits per heavy atom. The van der Waals surface area contributed by atoms with E-state index in [0.29, 0.717) is 31.7 Å². The Hall–Kier alpha value is -4.86. The summed E-state index contributed by atoms with van der Waals surface area (Å²) in [6.45, 7) is 1.92. The van der Waals surface area contributed by atoms with E-state index in [2.05, 4.69) is 10.3 Å². The fourth-order valence-corrected chi connectivity index (χ4v) is 7.73. The Kier molecular flexibility index (Phi) is 7.99. The molecule has 0 radical (unpaired) electrons. The number of nitriles is 1. The lowest BCUT2D eigenvalue weighted by Gasteiger charge is -2.19. The topological polar surface area (TPSA) is 146 Å². The van der Waals surface area contributed by atoms with Gasteiger partial charge in [-0.15, -0.1) is 11.3 Å². The minimum atomic E-state index is -0.623. The van der Waals surface area contributed by atoms with Gasteiger partial charge < -0.3 is 5.32 Å². The largest absolute Gasteiger partial charge is 0.321 e. The zero-order chi connectivity index (χ0) is 31.0. The summed E-state index contributed by atoms with van der Waals surface area (Å²) in [5.41, 5.74) is 2.65. The van der Waals surface area contributed by atoms with E-state index in [1.807, 2.05) is 25.1 Å². The number of fused-ring (bicyclic) bond motifs is 2. The summed E-state index contributed by atoms with van der Waals surface area (Å²) in [5, 5.41) is 24.2. The van der Waals surface area contributed by atoms with Crippen LogP contribution in [0.1, 0.15) is 36.8 Å². The van der Waals surface area contributed by atoms with Gasteiger partial charge in [0, 0.05) is 11.8 Å². The molecule has 1 saturated heterocycles. The minimum absolute atomic E-state index is 0.143. The van der Waals surface area contributed by atoms with Crippen LogP contribution in [0.25, 0.3) is 16.3 Å². The van der Waals surface area contributed by atoms with Gasteiger partial charge in [-0.25, -0.2) is 4.98 Å². The molecule has 3 aromatic carbocycles. The SMILES string of the molecule is Cc1ccc(NC(=O)/C(C#N)=C/c2ccc(Sc3nc4ccc(N5C(=O)[C@H]6CCCC[C@@H]6C5=O)cc4s3)c([N+](=O)[O-])c2)cc1. The average Bonchev–Trinajstić information content (AvgIpc) is 3.54. The highest BCUT2D eigenvalue weighted by molar-refractivity contribution is 8.01. The number of rotatable bonds is 7. The minimum Gasteiger partial charge on any atom is -0.321 e. The van der Waals surface area contributed by atoms with Gasteiger partial charge in [-0.2, -0.15) is 5.26 Å². The first-order valence-electron chi connectivity index (χ1n) is 14.0. The molecule has 0 spiro atoms. The highest BCUT2D eigenvalue weighted by Crippen LogP contribution is 2.43. The molecule has 4 aromatic rings. The van der Waals surface area contributed by atoms with Crippen molar-refractivity contribution in [1.29, 1.82) is 5.26 Å². The van der Waals surface area contributed by atoms with Crippen molar-refractivity contribution in [3.05, 3.63) is 87.5 Å². The summed E-state index contributed by atoms with van der Waals surface area (Å²) in [5.74, 6) is -1.40. The quantitative estimate of drug-likeness (QED) is 0.0770. The normalized spacial score (nSPS) is 18.3. The number of aromatic nitrogens is 1. The van der Waals surface area contributed by atoms with E-state index in [9.17, 15) is 29.8 Å². The number of carbonyl (C=O) groups is 3. The molecule has 1 aliphatic carbocycles. The zero-order valence-corrected chi connectivity index (χ0v) is 25.1. The van der Waals surface area contributed by atoms with E-state index in [-0.39, 0.29) is 34.9 Å². The number of benzene rings is 3. The maximum atomic E-state index is 13.1. The molecule has 2 heterocycles. The monoisotopic (exact) mass is 623 g/mol. The molecular formula is C32H25N5O5S2. The number of carbonyl (C=O) groups excluding carboxylic acids is 3. The van der Waals surface area contributed by atoms with E-state index in [1.54, 1.807) is 42.5 Å². The lowest BCUT2D eigenvalue weighted by molar-refractivity contribution is -0.387. The molecule has 220 valence electrons. The van der Waals surface area contributed by atoms with Crippen LogP contribution in [-0.4, -0.2) is 27.6 Å². The Labute approximate surface area is 260 Å². The predicted molar refractivity (Wildman–Crippen MR) is 168 cm³/mol. The fraction of sp³-hybridized carbons (Fsp3) is 0.219. The third kappa shape index (κ3) is 5.71. The molecule has 12 heteroatoms. The number of anilines is 2. The molecule has 2 fully saturated rings. The van der Waals surface area contributed by atoms with Crippen molar-refractivity contribution in [3.63, 3.8) is 0 Å². The number of nitrogens with one attached hydrogen (secondary N) is 1. The number of nitro groups is 1. The summed E-state index contributed by atoms with van der Waals surface area (Å²) in [6, 6.07) is 18.7. The molecule has 1 saturated carbocycles. The van der Waals surface area contributed by atoms with Gasteiger partial charge in [-0.1, -0.05) is 48.4 Å². The maximum Gasteiger partial charge on any atom is 0.283 e. The Morgan fingerprint density at radius 1 is 1.09 bits per heavy atom. The first kappa shape index (κ1) is 29.2. The van der Waals surface area contributed by atoms with Gasteiger partial charge in [-0.3, -0.25) is 29.4 Å². The van der Waals surface area contributed by atoms with Crippen LogP contribution in [-0.2, 0) is 14.4 Å². The predicted octanol–water partition coefficient (Wildman–Crippen LogP) is 6.89. The third-order valence-electron chi connectivity index (χ3n) is 7.81. The first-order valence-corrected chi connectivity index (χ1v) is 15.6. The van der Waals surface area contributed by atoms with E-state index in [0.717, 1.165) is 47.7 Å². The lowest BCUT2D eigenvalue weighted by Crippen LogP contribution is -2.30. The van der Waals surface area contributed by atoms with E-state index in [4.69, 9.17) is 0 Å². The van der Waals surface area contributed by atoms with Crippen LogP contribution in [0.5, 0.6) is 0 Å². The molecule has 10 nitrogen and oxygen atoms in total. The van der Waals surface area contributed by atoms with Gasteiger partial charge in [-0.05, 0) is 67.8 Å². The Morgan fingerprint density at radius 3 is 2.45 bits per heavy atom. The zero-order valence-electron chi connectivity index (χ0n) is 23.5. The van der Waals surface area contributed by atoms with Crippen molar-refractivity contribution in [2.24, 2.45) is 11.8 Å². The second-order valence-electron chi connectivity index (χ2n) is 10.7. The van der Waals surface area contributed by atoms with Crippen LogP contribution < -0.4 is 10.2 Å². The Bertz CT molecular complexity index is 1890. The molecule has 1 aliphatic heterocycles. The van der Waals surface area contributed by atoms with Gasteiger partial charge in [0.05, 0.1) is 37.6 Å². The second kappa shape index (κ2) is 12.0. The molecule has 3 amide bonds. The van der Waals surface area contributed by atoms with Crippen LogP contribution in [0.15, 0.2) is 75.5 Å². The number of thiazole rings is 1.